The number of hydrogen-bond donors (Lipinski definition) is 1. The fraction of sp³-hybridized carbons (Fsp3) is 0.667. The van der Waals surface area contributed by atoms with Crippen LogP contribution in [0.25, 0.3) is 0 Å². The van der Waals surface area contributed by atoms with Crippen LogP contribution in [0, 0.1) is 5.92 Å². The largest absolute Gasteiger partial charge is 0.477 e. The van der Waals surface area contributed by atoms with E-state index in [0.29, 0.717) is 12.5 Å². The van der Waals surface area contributed by atoms with Crippen molar-refractivity contribution in [2.24, 2.45) is 5.92 Å². The van der Waals surface area contributed by atoms with Gasteiger partial charge in [-0.05, 0) is 18.4 Å². The monoisotopic (exact) mass is 224 g/mol. The molecule has 0 aliphatic rings. The molecular formula is C12H20N2O2. The molecule has 1 heterocycles. The number of aromatic nitrogens is 2. The number of carboxylic acids is 1. The number of aromatic carboxylic acids is 1. The number of carbonyl (C=O) groups is 1. The molecule has 1 N–H and O–H groups in total. The Balaban J connectivity index is 2.62. The van der Waals surface area contributed by atoms with Crippen molar-refractivity contribution in [3.05, 3.63) is 18.0 Å². The third-order valence-corrected chi connectivity index (χ3v) is 2.91. The molecule has 1 atom stereocenters. The van der Waals surface area contributed by atoms with Gasteiger partial charge in [-0.3, -0.25) is 4.68 Å². The molecule has 0 aromatic carbocycles. The summed E-state index contributed by atoms with van der Waals surface area (Å²) in [5.41, 5.74) is 0.287. The smallest absolute Gasteiger partial charge is 0.354 e. The Morgan fingerprint density at radius 1 is 1.56 bits per heavy atom. The van der Waals surface area contributed by atoms with Gasteiger partial charge in [-0.2, -0.15) is 5.10 Å². The second-order valence-electron chi connectivity index (χ2n) is 4.12. The molecule has 1 unspecified atom stereocenters. The number of rotatable bonds is 7. The molecule has 1 aromatic rings. The summed E-state index contributed by atoms with van der Waals surface area (Å²) in [5.74, 6) is -0.374. The summed E-state index contributed by atoms with van der Waals surface area (Å²) in [7, 11) is 0. The highest BCUT2D eigenvalue weighted by molar-refractivity contribution is 5.85. The second-order valence-corrected chi connectivity index (χ2v) is 4.12. The van der Waals surface area contributed by atoms with Crippen LogP contribution in [-0.2, 0) is 6.54 Å². The molecule has 4 heteroatoms. The van der Waals surface area contributed by atoms with Crippen molar-refractivity contribution in [3.8, 4) is 0 Å². The van der Waals surface area contributed by atoms with Crippen LogP contribution in [0.5, 0.6) is 0 Å². The quantitative estimate of drug-likeness (QED) is 0.774. The Morgan fingerprint density at radius 2 is 2.31 bits per heavy atom. The Bertz CT molecular complexity index is 334. The molecule has 0 radical (unpaired) electrons. The lowest BCUT2D eigenvalue weighted by atomic mass is 9.99. The number of unbranched alkanes of at least 4 members (excludes halogenated alkanes) is 1. The van der Waals surface area contributed by atoms with Gasteiger partial charge in [0.15, 0.2) is 0 Å². The fourth-order valence-corrected chi connectivity index (χ4v) is 1.82. The average Bonchev–Trinajstić information content (AvgIpc) is 2.72. The molecular weight excluding hydrogens is 204 g/mol. The molecule has 0 aliphatic carbocycles. The predicted molar refractivity (Wildman–Crippen MR) is 62.5 cm³/mol. The van der Waals surface area contributed by atoms with E-state index in [9.17, 15) is 4.79 Å². The van der Waals surface area contributed by atoms with Crippen molar-refractivity contribution in [2.75, 3.05) is 0 Å². The highest BCUT2D eigenvalue weighted by Gasteiger charge is 2.13. The highest BCUT2D eigenvalue weighted by atomic mass is 16.4. The zero-order valence-electron chi connectivity index (χ0n) is 10.0. The van der Waals surface area contributed by atoms with E-state index in [4.69, 9.17) is 5.11 Å². The third kappa shape index (κ3) is 3.36. The maximum absolute atomic E-state index is 10.9. The lowest BCUT2D eigenvalue weighted by molar-refractivity contribution is 0.0681. The third-order valence-electron chi connectivity index (χ3n) is 2.91. The topological polar surface area (TPSA) is 55.1 Å². The lowest BCUT2D eigenvalue weighted by Gasteiger charge is -2.15. The van der Waals surface area contributed by atoms with Crippen LogP contribution in [-0.4, -0.2) is 20.9 Å². The van der Waals surface area contributed by atoms with Crippen molar-refractivity contribution >= 4 is 5.97 Å². The summed E-state index contributed by atoms with van der Waals surface area (Å²) in [6.45, 7) is 5.03. The molecule has 4 nitrogen and oxygen atoms in total. The van der Waals surface area contributed by atoms with E-state index in [1.807, 2.05) is 0 Å². The van der Waals surface area contributed by atoms with Crippen LogP contribution >= 0.6 is 0 Å². The molecule has 0 aliphatic heterocycles. The van der Waals surface area contributed by atoms with E-state index in [-0.39, 0.29) is 5.69 Å². The van der Waals surface area contributed by atoms with Crippen LogP contribution in [0.1, 0.15) is 50.0 Å². The van der Waals surface area contributed by atoms with Gasteiger partial charge in [0.1, 0.15) is 5.69 Å². The van der Waals surface area contributed by atoms with Crippen molar-refractivity contribution in [3.63, 3.8) is 0 Å². The molecule has 0 amide bonds. The predicted octanol–water partition coefficient (Wildman–Crippen LogP) is 2.80. The molecule has 0 saturated heterocycles. The number of nitrogens with zero attached hydrogens (tertiary/aromatic N) is 2. The molecule has 0 bridgehead atoms. The summed E-state index contributed by atoms with van der Waals surface area (Å²) in [5, 5.41) is 13.0. The van der Waals surface area contributed by atoms with Gasteiger partial charge in [0.2, 0.25) is 0 Å². The van der Waals surface area contributed by atoms with E-state index in [1.54, 1.807) is 16.9 Å². The van der Waals surface area contributed by atoms with E-state index < -0.39 is 5.97 Å². The second kappa shape index (κ2) is 6.30. The van der Waals surface area contributed by atoms with E-state index in [0.717, 1.165) is 12.8 Å². The Morgan fingerprint density at radius 3 is 2.88 bits per heavy atom. The Hall–Kier alpha value is -1.32. The lowest BCUT2D eigenvalue weighted by Crippen LogP contribution is -2.16. The van der Waals surface area contributed by atoms with E-state index >= 15 is 0 Å². The van der Waals surface area contributed by atoms with Gasteiger partial charge in [-0.25, -0.2) is 4.79 Å². The maximum Gasteiger partial charge on any atom is 0.354 e. The maximum atomic E-state index is 10.9. The van der Waals surface area contributed by atoms with Crippen molar-refractivity contribution in [2.45, 2.75) is 46.1 Å². The normalized spacial score (nSPS) is 12.6. The first-order chi connectivity index (χ1) is 7.69. The summed E-state index contributed by atoms with van der Waals surface area (Å²) in [6, 6.07) is 1.55. The SMILES string of the molecule is CCCCC(CC)Cn1nccc1C(=O)O. The zero-order chi connectivity index (χ0) is 12.0. The standard InChI is InChI=1S/C12H20N2O2/c1-3-5-6-10(4-2)9-14-11(12(15)16)7-8-13-14/h7-8,10H,3-6,9H2,1-2H3,(H,15,16). The van der Waals surface area contributed by atoms with Crippen molar-refractivity contribution in [1.29, 1.82) is 0 Å². The van der Waals surface area contributed by atoms with Gasteiger partial charge in [-0.1, -0.05) is 33.1 Å². The molecule has 1 rings (SSSR count). The fourth-order valence-electron chi connectivity index (χ4n) is 1.82. The molecule has 1 aromatic heterocycles. The molecule has 90 valence electrons. The minimum Gasteiger partial charge on any atom is -0.477 e. The Kier molecular flexibility index (Phi) is 5.02. The highest BCUT2D eigenvalue weighted by Crippen LogP contribution is 2.15. The Labute approximate surface area is 96.3 Å². The van der Waals surface area contributed by atoms with Crippen molar-refractivity contribution < 1.29 is 9.90 Å². The minimum atomic E-state index is -0.900. The average molecular weight is 224 g/mol. The summed E-state index contributed by atoms with van der Waals surface area (Å²) in [6.07, 6.45) is 6.14. The summed E-state index contributed by atoms with van der Waals surface area (Å²) in [4.78, 5) is 10.9. The van der Waals surface area contributed by atoms with Crippen LogP contribution in [0.3, 0.4) is 0 Å². The molecule has 16 heavy (non-hydrogen) atoms. The van der Waals surface area contributed by atoms with Gasteiger partial charge in [0.05, 0.1) is 0 Å². The number of carboxylic acid groups (broad SMARTS) is 1. The van der Waals surface area contributed by atoms with Gasteiger partial charge in [-0.15, -0.1) is 0 Å². The van der Waals surface area contributed by atoms with Crippen LogP contribution in [0.15, 0.2) is 12.3 Å². The van der Waals surface area contributed by atoms with E-state index in [2.05, 4.69) is 18.9 Å². The zero-order valence-corrected chi connectivity index (χ0v) is 10.0. The van der Waals surface area contributed by atoms with Crippen molar-refractivity contribution in [1.82, 2.24) is 9.78 Å². The summed E-state index contributed by atoms with van der Waals surface area (Å²) >= 11 is 0. The van der Waals surface area contributed by atoms with Gasteiger partial charge in [0, 0.05) is 12.7 Å². The van der Waals surface area contributed by atoms with Gasteiger partial charge >= 0.3 is 5.97 Å². The van der Waals surface area contributed by atoms with E-state index in [1.165, 1.54) is 12.8 Å². The van der Waals surface area contributed by atoms with Gasteiger partial charge < -0.3 is 5.11 Å². The first kappa shape index (κ1) is 12.7. The summed E-state index contributed by atoms with van der Waals surface area (Å²) < 4.78 is 1.60. The number of hydrogen-bond acceptors (Lipinski definition) is 2. The molecule has 0 saturated carbocycles. The van der Waals surface area contributed by atoms with Gasteiger partial charge in [0.25, 0.3) is 0 Å². The van der Waals surface area contributed by atoms with Crippen LogP contribution in [0.4, 0.5) is 0 Å². The molecule has 0 spiro atoms. The van der Waals surface area contributed by atoms with Crippen LogP contribution < -0.4 is 0 Å². The minimum absolute atomic E-state index is 0.287. The van der Waals surface area contributed by atoms with Crippen LogP contribution in [0.2, 0.25) is 0 Å². The first-order valence-electron chi connectivity index (χ1n) is 5.94. The molecule has 0 fully saturated rings. The first-order valence-corrected chi connectivity index (χ1v) is 5.94.